The maximum absolute atomic E-state index is 13.1. The first kappa shape index (κ1) is 52.0. The average Bonchev–Trinajstić information content (AvgIpc) is 1.48. The number of nitrogens with zero attached hydrogens (tertiary/aromatic N) is 6. The van der Waals surface area contributed by atoms with Gasteiger partial charge in [0.25, 0.3) is 0 Å². The van der Waals surface area contributed by atoms with Gasteiger partial charge in [0.05, 0.1) is 71.6 Å². The minimum atomic E-state index is -0.252. The van der Waals surface area contributed by atoms with E-state index in [2.05, 4.69) is 281 Å². The largest absolute Gasteiger partial charge is 0.454 e. The number of rotatable bonds is 4. The molecule has 17 rings (SSSR count). The van der Waals surface area contributed by atoms with Gasteiger partial charge < -0.3 is 22.7 Å². The van der Waals surface area contributed by atoms with Crippen molar-refractivity contribution in [1.82, 2.24) is 18.3 Å². The number of fused-ring (bicyclic) bond motifs is 20. The molecular weight excluding hydrogens is 1090 g/mol. The summed E-state index contributed by atoms with van der Waals surface area (Å²) in [5.74, 6) is 0. The van der Waals surface area contributed by atoms with Gasteiger partial charge in [-0.15, -0.1) is 11.3 Å². The molecule has 8 heteroatoms. The molecule has 6 aromatic heterocycles. The zero-order valence-electron chi connectivity index (χ0n) is 50.6. The van der Waals surface area contributed by atoms with Gasteiger partial charge in [-0.1, -0.05) is 190 Å². The van der Waals surface area contributed by atoms with E-state index in [0.717, 1.165) is 108 Å². The Hall–Kier alpha value is -10.4. The summed E-state index contributed by atoms with van der Waals surface area (Å²) >= 11 is 1.79. The van der Waals surface area contributed by atoms with Crippen LogP contribution in [0, 0.1) is 22.7 Å². The number of hydrogen-bond donors (Lipinski definition) is 0. The van der Waals surface area contributed by atoms with Gasteiger partial charge in [-0.2, -0.15) is 10.5 Å². The Morgan fingerprint density at radius 1 is 0.352 bits per heavy atom. The van der Waals surface area contributed by atoms with Crippen molar-refractivity contribution in [1.29, 1.82) is 10.5 Å². The van der Waals surface area contributed by atoms with Gasteiger partial charge in [0, 0.05) is 69.3 Å². The molecule has 17 aromatic rings. The Bertz CT molecular complexity index is 5770. The van der Waals surface area contributed by atoms with Crippen molar-refractivity contribution < 1.29 is 4.42 Å². The minimum absolute atomic E-state index is 0.191. The fraction of sp³-hybridized carbons (Fsp3) is 0.150. The lowest BCUT2D eigenvalue weighted by molar-refractivity contribution is 0.591. The summed E-state index contributed by atoms with van der Waals surface area (Å²) in [5, 5.41) is 38.9. The fourth-order valence-corrected chi connectivity index (χ4v) is 16.0. The van der Waals surface area contributed by atoms with Crippen molar-refractivity contribution >= 4 is 141 Å². The SMILES string of the molecule is CC(C)(C)c1ccc2c(c1)c1ccc3c4ccccc4oc3c1n2-c1c(-n2c3ccccc3c3ccccc32)c(C#N)c(-n2c3ccc(C(C)(C)C)cc3c3cc(C(C)(C)C)c4c5ccccc5sc4c32)c(C#N)c1-n1c2ccccc2c2ccccc21. The Morgan fingerprint density at radius 3 is 1.28 bits per heavy atom. The highest BCUT2D eigenvalue weighted by Gasteiger charge is 2.37. The third-order valence-electron chi connectivity index (χ3n) is 18.9. The van der Waals surface area contributed by atoms with Crippen LogP contribution in [0.15, 0.2) is 205 Å². The smallest absolute Gasteiger partial charge is 0.160 e. The van der Waals surface area contributed by atoms with E-state index in [1.165, 1.54) is 32.2 Å². The quantitative estimate of drug-likeness (QED) is 0.176. The maximum atomic E-state index is 13.1. The van der Waals surface area contributed by atoms with Crippen LogP contribution in [0.3, 0.4) is 0 Å². The molecule has 0 aliphatic heterocycles. The predicted octanol–water partition coefficient (Wildman–Crippen LogP) is 22.0. The average molecular weight is 1150 g/mol. The first-order valence-corrected chi connectivity index (χ1v) is 31.2. The Kier molecular flexibility index (Phi) is 10.7. The van der Waals surface area contributed by atoms with Crippen LogP contribution in [0.2, 0.25) is 0 Å². The first-order valence-electron chi connectivity index (χ1n) is 30.4. The molecule has 0 N–H and O–H groups in total. The van der Waals surface area contributed by atoms with Crippen molar-refractivity contribution in [2.75, 3.05) is 0 Å². The lowest BCUT2D eigenvalue weighted by atomic mass is 9.82. The van der Waals surface area contributed by atoms with E-state index in [1.54, 1.807) is 11.3 Å². The van der Waals surface area contributed by atoms with Crippen LogP contribution in [0.25, 0.3) is 152 Å². The second-order valence-electron chi connectivity index (χ2n) is 27.1. The third-order valence-corrected chi connectivity index (χ3v) is 20.0. The van der Waals surface area contributed by atoms with Crippen LogP contribution in [0.1, 0.15) is 90.1 Å². The van der Waals surface area contributed by atoms with Crippen LogP contribution in [-0.4, -0.2) is 18.3 Å². The summed E-state index contributed by atoms with van der Waals surface area (Å²) in [5.41, 5.74) is 15.0. The molecule has 0 unspecified atom stereocenters. The van der Waals surface area contributed by atoms with E-state index >= 15 is 0 Å². The third kappa shape index (κ3) is 7.04. The summed E-state index contributed by atoms with van der Waals surface area (Å²) < 4.78 is 18.9. The molecular formula is C80H60N6OS. The number of aromatic nitrogens is 4. The summed E-state index contributed by atoms with van der Waals surface area (Å²) in [7, 11) is 0. The molecule has 0 bridgehead atoms. The van der Waals surface area contributed by atoms with Gasteiger partial charge in [0.2, 0.25) is 0 Å². The van der Waals surface area contributed by atoms with Gasteiger partial charge in [0.15, 0.2) is 5.58 Å². The molecule has 11 aromatic carbocycles. The van der Waals surface area contributed by atoms with E-state index in [0.29, 0.717) is 39.5 Å². The summed E-state index contributed by atoms with van der Waals surface area (Å²) in [6, 6.07) is 78.0. The normalized spacial score (nSPS) is 12.8. The highest BCUT2D eigenvalue weighted by atomic mass is 32.1. The summed E-state index contributed by atoms with van der Waals surface area (Å²) in [6.07, 6.45) is 0. The fourth-order valence-electron chi connectivity index (χ4n) is 14.8. The molecule has 0 saturated heterocycles. The van der Waals surface area contributed by atoms with Gasteiger partial charge >= 0.3 is 0 Å². The van der Waals surface area contributed by atoms with E-state index < -0.39 is 0 Å². The number of furan rings is 1. The standard InChI is InChI=1S/C80H60N6OS/c1-78(2,3)45-34-38-65-55(40-45)52-36-37-53-51-26-14-20-32-67(51)87-76(53)73(52)86(65)75-71(83-61-28-16-10-22-47(61)48-23-11-17-29-62(48)83)58(43-81)70(59(44-82)72(75)84-63-30-18-12-24-49(63)50-25-13-19-31-64(50)84)85-66-39-35-46(79(4,5)6)41-56(66)57-42-60(80(7,8)9)69-54-27-15-21-33-68(54)88-77(69)74(57)85/h10-42H,1-9H3. The molecule has 0 radical (unpaired) electrons. The van der Waals surface area contributed by atoms with Crippen LogP contribution in [0.5, 0.6) is 0 Å². The van der Waals surface area contributed by atoms with E-state index in [1.807, 2.05) is 12.1 Å². The number of hydrogen-bond acceptors (Lipinski definition) is 4. The zero-order valence-corrected chi connectivity index (χ0v) is 51.4. The van der Waals surface area contributed by atoms with Crippen molar-refractivity contribution in [3.05, 3.63) is 228 Å². The second kappa shape index (κ2) is 18.1. The molecule has 0 aliphatic carbocycles. The number of para-hydroxylation sites is 5. The van der Waals surface area contributed by atoms with E-state index in [4.69, 9.17) is 4.42 Å². The predicted molar refractivity (Wildman–Crippen MR) is 369 cm³/mol. The number of nitriles is 2. The van der Waals surface area contributed by atoms with Crippen LogP contribution >= 0.6 is 11.3 Å². The molecule has 0 atom stereocenters. The summed E-state index contributed by atoms with van der Waals surface area (Å²) in [6.45, 7) is 20.5. The van der Waals surface area contributed by atoms with Crippen molar-refractivity contribution in [3.8, 4) is 34.9 Å². The Morgan fingerprint density at radius 2 is 0.784 bits per heavy atom. The maximum Gasteiger partial charge on any atom is 0.160 e. The first-order chi connectivity index (χ1) is 42.5. The lowest BCUT2D eigenvalue weighted by Crippen LogP contribution is -2.17. The lowest BCUT2D eigenvalue weighted by Gasteiger charge is -2.27. The Balaban J connectivity index is 1.21. The van der Waals surface area contributed by atoms with Crippen molar-refractivity contribution in [2.45, 2.75) is 78.6 Å². The molecule has 0 amide bonds. The van der Waals surface area contributed by atoms with Crippen molar-refractivity contribution in [3.63, 3.8) is 0 Å². The van der Waals surface area contributed by atoms with Crippen LogP contribution in [-0.2, 0) is 16.2 Å². The highest BCUT2D eigenvalue weighted by molar-refractivity contribution is 7.26. The van der Waals surface area contributed by atoms with E-state index in [-0.39, 0.29) is 16.2 Å². The monoisotopic (exact) mass is 1150 g/mol. The number of benzene rings is 11. The van der Waals surface area contributed by atoms with Crippen molar-refractivity contribution in [2.24, 2.45) is 0 Å². The topological polar surface area (TPSA) is 80.4 Å². The van der Waals surface area contributed by atoms with Crippen LogP contribution < -0.4 is 0 Å². The minimum Gasteiger partial charge on any atom is -0.454 e. The molecule has 7 nitrogen and oxygen atoms in total. The summed E-state index contributed by atoms with van der Waals surface area (Å²) in [4.78, 5) is 0. The van der Waals surface area contributed by atoms with Gasteiger partial charge in [0.1, 0.15) is 28.8 Å². The number of thiophene rings is 1. The second-order valence-corrected chi connectivity index (χ2v) is 28.1. The molecule has 6 heterocycles. The van der Waals surface area contributed by atoms with Crippen LogP contribution in [0.4, 0.5) is 0 Å². The van der Waals surface area contributed by atoms with Gasteiger partial charge in [-0.3, -0.25) is 0 Å². The molecule has 422 valence electrons. The molecule has 88 heavy (non-hydrogen) atoms. The Labute approximate surface area is 512 Å². The molecule has 0 spiro atoms. The van der Waals surface area contributed by atoms with Gasteiger partial charge in [-0.05, 0) is 106 Å². The molecule has 0 saturated carbocycles. The van der Waals surface area contributed by atoms with Gasteiger partial charge in [-0.25, -0.2) is 0 Å². The van der Waals surface area contributed by atoms with E-state index in [9.17, 15) is 10.5 Å². The zero-order chi connectivity index (χ0) is 60.0. The molecule has 0 aliphatic rings. The highest BCUT2D eigenvalue weighted by Crippen LogP contribution is 2.53. The molecule has 0 fully saturated rings.